The van der Waals surface area contributed by atoms with Gasteiger partial charge in [-0.25, -0.2) is 4.39 Å². The van der Waals surface area contributed by atoms with E-state index in [9.17, 15) is 4.39 Å². The van der Waals surface area contributed by atoms with Gasteiger partial charge in [-0.05, 0) is 56.4 Å². The van der Waals surface area contributed by atoms with E-state index in [0.29, 0.717) is 24.3 Å². The van der Waals surface area contributed by atoms with Crippen molar-refractivity contribution in [2.45, 2.75) is 98.1 Å². The predicted octanol–water partition coefficient (Wildman–Crippen LogP) is 6.13. The van der Waals surface area contributed by atoms with Gasteiger partial charge in [0, 0.05) is 6.54 Å². The van der Waals surface area contributed by atoms with E-state index in [0.717, 1.165) is 12.5 Å². The van der Waals surface area contributed by atoms with Gasteiger partial charge in [0.2, 0.25) is 0 Å². The molecule has 0 radical (unpaired) electrons. The van der Waals surface area contributed by atoms with Crippen molar-refractivity contribution in [2.75, 3.05) is 13.1 Å². The quantitative estimate of drug-likeness (QED) is 0.484. The maximum atomic E-state index is 14.0. The molecule has 132 valence electrons. The van der Waals surface area contributed by atoms with Gasteiger partial charge in [0.1, 0.15) is 5.67 Å². The first-order chi connectivity index (χ1) is 10.3. The molecule has 0 aromatic rings. The van der Waals surface area contributed by atoms with E-state index in [2.05, 4.69) is 26.1 Å². The molecule has 1 aliphatic carbocycles. The fraction of sp³-hybridized carbons (Fsp3) is 1.00. The third kappa shape index (κ3) is 7.94. The van der Waals surface area contributed by atoms with Crippen molar-refractivity contribution >= 4 is 0 Å². The molecular formula is C20H40FN. The van der Waals surface area contributed by atoms with Gasteiger partial charge in [0.05, 0.1) is 0 Å². The van der Waals surface area contributed by atoms with E-state index in [1.54, 1.807) is 6.92 Å². The van der Waals surface area contributed by atoms with Crippen molar-refractivity contribution < 1.29 is 4.39 Å². The van der Waals surface area contributed by atoms with E-state index >= 15 is 0 Å². The summed E-state index contributed by atoms with van der Waals surface area (Å²) in [6.07, 6.45) is 11.5. The van der Waals surface area contributed by atoms with Gasteiger partial charge in [0.25, 0.3) is 0 Å². The van der Waals surface area contributed by atoms with Crippen molar-refractivity contribution in [3.05, 3.63) is 0 Å². The lowest BCUT2D eigenvalue weighted by molar-refractivity contribution is 0.164. The third-order valence-corrected chi connectivity index (χ3v) is 5.52. The second kappa shape index (κ2) is 9.25. The number of halogens is 1. The van der Waals surface area contributed by atoms with E-state index in [4.69, 9.17) is 0 Å². The van der Waals surface area contributed by atoms with Gasteiger partial charge in [-0.3, -0.25) is 0 Å². The molecule has 0 aliphatic heterocycles. The number of alkyl halides is 1. The average Bonchev–Trinajstić information content (AvgIpc) is 2.90. The van der Waals surface area contributed by atoms with Crippen molar-refractivity contribution in [3.63, 3.8) is 0 Å². The van der Waals surface area contributed by atoms with Crippen LogP contribution in [0.2, 0.25) is 0 Å². The molecule has 0 saturated heterocycles. The van der Waals surface area contributed by atoms with Crippen molar-refractivity contribution in [1.82, 2.24) is 5.32 Å². The van der Waals surface area contributed by atoms with Crippen molar-refractivity contribution in [2.24, 2.45) is 17.3 Å². The average molecular weight is 314 g/mol. The Morgan fingerprint density at radius 2 is 1.77 bits per heavy atom. The van der Waals surface area contributed by atoms with Crippen LogP contribution in [-0.4, -0.2) is 18.8 Å². The first-order valence-corrected chi connectivity index (χ1v) is 9.67. The summed E-state index contributed by atoms with van der Waals surface area (Å²) in [6.45, 7) is 12.3. The summed E-state index contributed by atoms with van der Waals surface area (Å²) in [5, 5.41) is 3.40. The van der Waals surface area contributed by atoms with Crippen LogP contribution < -0.4 is 5.32 Å². The lowest BCUT2D eigenvalue weighted by Crippen LogP contribution is -2.37. The van der Waals surface area contributed by atoms with Crippen molar-refractivity contribution in [3.8, 4) is 0 Å². The minimum absolute atomic E-state index is 0.431. The van der Waals surface area contributed by atoms with Crippen LogP contribution in [0, 0.1) is 17.3 Å². The van der Waals surface area contributed by atoms with Crippen LogP contribution in [0.5, 0.6) is 0 Å². The molecule has 2 heteroatoms. The Morgan fingerprint density at radius 3 is 2.32 bits per heavy atom. The molecule has 1 nitrogen and oxygen atoms in total. The zero-order valence-corrected chi connectivity index (χ0v) is 15.8. The number of nitrogens with one attached hydrogen (secondary N) is 1. The molecule has 0 aromatic carbocycles. The maximum Gasteiger partial charge on any atom is 0.120 e. The SMILES string of the molecule is CCCC(CNCC(C)(F)CC)CC(C)(C)CC1CCCC1. The molecule has 0 spiro atoms. The van der Waals surface area contributed by atoms with E-state index < -0.39 is 5.67 Å². The fourth-order valence-corrected chi connectivity index (χ4v) is 4.21. The van der Waals surface area contributed by atoms with Crippen LogP contribution in [0.3, 0.4) is 0 Å². The van der Waals surface area contributed by atoms with Crippen LogP contribution in [0.15, 0.2) is 0 Å². The molecule has 0 heterocycles. The van der Waals surface area contributed by atoms with Crippen LogP contribution >= 0.6 is 0 Å². The molecule has 2 atom stereocenters. The zero-order valence-electron chi connectivity index (χ0n) is 15.8. The molecule has 22 heavy (non-hydrogen) atoms. The van der Waals surface area contributed by atoms with Crippen LogP contribution in [0.1, 0.15) is 92.4 Å². The molecule has 1 fully saturated rings. The lowest BCUT2D eigenvalue weighted by Gasteiger charge is -2.33. The van der Waals surface area contributed by atoms with Gasteiger partial charge >= 0.3 is 0 Å². The van der Waals surface area contributed by atoms with Gasteiger partial charge < -0.3 is 5.32 Å². The Hall–Kier alpha value is -0.110. The number of rotatable bonds is 11. The topological polar surface area (TPSA) is 12.0 Å². The summed E-state index contributed by atoms with van der Waals surface area (Å²) in [4.78, 5) is 0. The highest BCUT2D eigenvalue weighted by Crippen LogP contribution is 2.39. The smallest absolute Gasteiger partial charge is 0.120 e. The molecule has 1 rings (SSSR count). The van der Waals surface area contributed by atoms with E-state index in [-0.39, 0.29) is 0 Å². The molecule has 1 aliphatic rings. The van der Waals surface area contributed by atoms with Crippen LogP contribution in [0.4, 0.5) is 4.39 Å². The lowest BCUT2D eigenvalue weighted by atomic mass is 9.75. The summed E-state index contributed by atoms with van der Waals surface area (Å²) >= 11 is 0. The predicted molar refractivity (Wildman–Crippen MR) is 96.0 cm³/mol. The molecule has 1 N–H and O–H groups in total. The van der Waals surface area contributed by atoms with Gasteiger partial charge in [0.15, 0.2) is 0 Å². The summed E-state index contributed by atoms with van der Waals surface area (Å²) in [6, 6.07) is 0. The third-order valence-electron chi connectivity index (χ3n) is 5.52. The first kappa shape index (κ1) is 19.9. The monoisotopic (exact) mass is 313 g/mol. The standard InChI is InChI=1S/C20H40FN/c1-6-10-18(15-22-16-20(5,21)7-2)14-19(3,4)13-17-11-8-9-12-17/h17-18,22H,6-16H2,1-5H3. The molecular weight excluding hydrogens is 273 g/mol. The number of hydrogen-bond donors (Lipinski definition) is 1. The van der Waals surface area contributed by atoms with Gasteiger partial charge in [-0.1, -0.05) is 59.8 Å². The summed E-state index contributed by atoms with van der Waals surface area (Å²) < 4.78 is 14.0. The Morgan fingerprint density at radius 1 is 1.14 bits per heavy atom. The van der Waals surface area contributed by atoms with E-state index in [1.807, 2.05) is 6.92 Å². The fourth-order valence-electron chi connectivity index (χ4n) is 4.21. The van der Waals surface area contributed by atoms with Crippen LogP contribution in [0.25, 0.3) is 0 Å². The molecule has 1 saturated carbocycles. The highest BCUT2D eigenvalue weighted by atomic mass is 19.1. The Kier molecular flexibility index (Phi) is 8.38. The normalized spacial score (nSPS) is 21.0. The largest absolute Gasteiger partial charge is 0.313 e. The van der Waals surface area contributed by atoms with Crippen molar-refractivity contribution in [1.29, 1.82) is 0 Å². The highest BCUT2D eigenvalue weighted by Gasteiger charge is 2.28. The highest BCUT2D eigenvalue weighted by molar-refractivity contribution is 4.81. The molecule has 2 unspecified atom stereocenters. The maximum absolute atomic E-state index is 14.0. The Labute approximate surface area is 138 Å². The van der Waals surface area contributed by atoms with Gasteiger partial charge in [-0.15, -0.1) is 0 Å². The first-order valence-electron chi connectivity index (χ1n) is 9.67. The second-order valence-electron chi connectivity index (χ2n) is 8.78. The minimum Gasteiger partial charge on any atom is -0.313 e. The summed E-state index contributed by atoms with van der Waals surface area (Å²) in [5.74, 6) is 1.65. The Bertz CT molecular complexity index is 292. The molecule has 0 aromatic heterocycles. The number of hydrogen-bond acceptors (Lipinski definition) is 1. The van der Waals surface area contributed by atoms with E-state index in [1.165, 1.54) is 51.4 Å². The zero-order chi connectivity index (χ0) is 16.6. The van der Waals surface area contributed by atoms with Gasteiger partial charge in [-0.2, -0.15) is 0 Å². The molecule has 0 bridgehead atoms. The molecule has 0 amide bonds. The minimum atomic E-state index is -1.06. The summed E-state index contributed by atoms with van der Waals surface area (Å²) in [7, 11) is 0. The summed E-state index contributed by atoms with van der Waals surface area (Å²) in [5.41, 5.74) is -0.629. The Balaban J connectivity index is 2.40. The second-order valence-corrected chi connectivity index (χ2v) is 8.78. The van der Waals surface area contributed by atoms with Crippen LogP contribution in [-0.2, 0) is 0 Å².